The summed E-state index contributed by atoms with van der Waals surface area (Å²) in [6.45, 7) is 0.337. The zero-order valence-electron chi connectivity index (χ0n) is 20.8. The summed E-state index contributed by atoms with van der Waals surface area (Å²) in [6, 6.07) is 25.6. The number of para-hydroxylation sites is 2. The van der Waals surface area contributed by atoms with E-state index in [1.807, 2.05) is 30.3 Å². The molecule has 0 aliphatic carbocycles. The van der Waals surface area contributed by atoms with Crippen molar-refractivity contribution < 1.29 is 35.3 Å². The van der Waals surface area contributed by atoms with Crippen molar-refractivity contribution in [1.29, 1.82) is 0 Å². The Morgan fingerprint density at radius 1 is 0.825 bits per heavy atom. The van der Waals surface area contributed by atoms with Gasteiger partial charge in [-0.1, -0.05) is 60.7 Å². The molecule has 1 N–H and O–H groups in total. The fourth-order valence-corrected chi connectivity index (χ4v) is 4.51. The zero-order chi connectivity index (χ0) is 28.6. The molecule has 0 radical (unpaired) electrons. The van der Waals surface area contributed by atoms with Gasteiger partial charge in [0.2, 0.25) is 5.91 Å². The highest BCUT2D eigenvalue weighted by molar-refractivity contribution is 7.87. The van der Waals surface area contributed by atoms with E-state index in [1.54, 1.807) is 30.3 Å². The molecule has 40 heavy (non-hydrogen) atoms. The lowest BCUT2D eigenvalue weighted by Crippen LogP contribution is -2.20. The summed E-state index contributed by atoms with van der Waals surface area (Å²) in [5, 5.41) is 3.90. The Bertz CT molecular complexity index is 1590. The molecule has 0 saturated carbocycles. The lowest BCUT2D eigenvalue weighted by Gasteiger charge is -2.11. The van der Waals surface area contributed by atoms with Gasteiger partial charge in [0, 0.05) is 11.1 Å². The number of hydrazone groups is 1. The smallest absolute Gasteiger partial charge is 0.416 e. The Morgan fingerprint density at radius 3 is 2.15 bits per heavy atom. The van der Waals surface area contributed by atoms with Crippen LogP contribution in [0.1, 0.15) is 22.3 Å². The Hall–Kier alpha value is -4.64. The number of nitrogens with zero attached hydrogens (tertiary/aromatic N) is 1. The van der Waals surface area contributed by atoms with Crippen molar-refractivity contribution in [3.63, 3.8) is 0 Å². The van der Waals surface area contributed by atoms with E-state index in [9.17, 15) is 26.4 Å². The quantitative estimate of drug-likeness (QED) is 0.150. The zero-order valence-corrected chi connectivity index (χ0v) is 21.7. The van der Waals surface area contributed by atoms with Crippen LogP contribution in [0.15, 0.2) is 113 Å². The molecule has 0 fully saturated rings. The molecule has 0 heterocycles. The number of hydrogen-bond donors (Lipinski definition) is 1. The highest BCUT2D eigenvalue weighted by Crippen LogP contribution is 2.30. The van der Waals surface area contributed by atoms with E-state index >= 15 is 0 Å². The Labute approximate surface area is 229 Å². The molecule has 0 aliphatic heterocycles. The van der Waals surface area contributed by atoms with Crippen LogP contribution < -0.4 is 14.3 Å². The molecule has 7 nitrogen and oxygen atoms in total. The summed E-state index contributed by atoms with van der Waals surface area (Å²) in [5.41, 5.74) is 3.24. The number of carbonyl (C=O) groups is 1. The van der Waals surface area contributed by atoms with Crippen molar-refractivity contribution in [1.82, 2.24) is 5.43 Å². The molecule has 0 bridgehead atoms. The SMILES string of the molecule is O=C(Cc1ccccc1OCc1ccccc1)NN=Cc1ccccc1OS(=O)(=O)c1ccc(C(F)(F)F)cc1. The van der Waals surface area contributed by atoms with Crippen LogP contribution in [0.5, 0.6) is 11.5 Å². The molecule has 4 aromatic rings. The second-order valence-corrected chi connectivity index (χ2v) is 10.00. The van der Waals surface area contributed by atoms with Crippen LogP contribution in [-0.4, -0.2) is 20.5 Å². The van der Waals surface area contributed by atoms with Crippen LogP contribution in [0.2, 0.25) is 0 Å². The molecular formula is C29H23F3N2O5S. The molecule has 4 rings (SSSR count). The minimum Gasteiger partial charge on any atom is -0.489 e. The first kappa shape index (κ1) is 28.4. The fraction of sp³-hybridized carbons (Fsp3) is 0.103. The van der Waals surface area contributed by atoms with Gasteiger partial charge in [-0.25, -0.2) is 5.43 Å². The number of amides is 1. The van der Waals surface area contributed by atoms with Crippen molar-refractivity contribution in [3.8, 4) is 11.5 Å². The molecule has 0 aliphatic rings. The molecule has 1 amide bonds. The summed E-state index contributed by atoms with van der Waals surface area (Å²) in [7, 11) is -4.44. The molecule has 11 heteroatoms. The van der Waals surface area contributed by atoms with Crippen molar-refractivity contribution in [2.45, 2.75) is 24.1 Å². The van der Waals surface area contributed by atoms with E-state index in [1.165, 1.54) is 24.4 Å². The third-order valence-corrected chi connectivity index (χ3v) is 6.79. The molecule has 4 aromatic carbocycles. The number of carbonyl (C=O) groups excluding carboxylic acids is 1. The monoisotopic (exact) mass is 568 g/mol. The molecule has 0 saturated heterocycles. The molecule has 206 valence electrons. The average molecular weight is 569 g/mol. The maximum absolute atomic E-state index is 12.8. The van der Waals surface area contributed by atoms with E-state index in [0.717, 1.165) is 17.7 Å². The Kier molecular flexibility index (Phi) is 8.85. The van der Waals surface area contributed by atoms with Gasteiger partial charge in [-0.05, 0) is 48.0 Å². The van der Waals surface area contributed by atoms with Crippen LogP contribution in [0, 0.1) is 0 Å². The second-order valence-electron chi connectivity index (χ2n) is 8.45. The molecule has 0 atom stereocenters. The number of halogens is 3. The van der Waals surface area contributed by atoms with Gasteiger partial charge in [-0.3, -0.25) is 4.79 Å². The van der Waals surface area contributed by atoms with E-state index in [-0.39, 0.29) is 17.7 Å². The Balaban J connectivity index is 1.39. The van der Waals surface area contributed by atoms with E-state index in [0.29, 0.717) is 30.1 Å². The van der Waals surface area contributed by atoms with E-state index < -0.39 is 32.7 Å². The van der Waals surface area contributed by atoms with Crippen LogP contribution >= 0.6 is 0 Å². The predicted molar refractivity (Wildman–Crippen MR) is 142 cm³/mol. The second kappa shape index (κ2) is 12.5. The maximum atomic E-state index is 12.8. The number of nitrogens with one attached hydrogen (secondary N) is 1. The van der Waals surface area contributed by atoms with Crippen LogP contribution in [0.3, 0.4) is 0 Å². The van der Waals surface area contributed by atoms with Gasteiger partial charge in [0.1, 0.15) is 17.3 Å². The molecule has 0 unspecified atom stereocenters. The summed E-state index contributed by atoms with van der Waals surface area (Å²) >= 11 is 0. The van der Waals surface area contributed by atoms with Gasteiger partial charge in [-0.2, -0.15) is 26.7 Å². The first-order chi connectivity index (χ1) is 19.1. The van der Waals surface area contributed by atoms with E-state index in [2.05, 4.69) is 10.5 Å². The summed E-state index contributed by atoms with van der Waals surface area (Å²) < 4.78 is 74.7. The normalized spacial score (nSPS) is 11.8. The van der Waals surface area contributed by atoms with Gasteiger partial charge < -0.3 is 8.92 Å². The fourth-order valence-electron chi connectivity index (χ4n) is 3.55. The Morgan fingerprint density at radius 2 is 1.45 bits per heavy atom. The minimum atomic E-state index is -4.60. The van der Waals surface area contributed by atoms with Crippen molar-refractivity contribution in [3.05, 3.63) is 125 Å². The highest BCUT2D eigenvalue weighted by atomic mass is 32.2. The first-order valence-electron chi connectivity index (χ1n) is 11.9. The number of ether oxygens (including phenoxy) is 1. The van der Waals surface area contributed by atoms with Crippen molar-refractivity contribution in [2.75, 3.05) is 0 Å². The largest absolute Gasteiger partial charge is 0.489 e. The number of hydrogen-bond acceptors (Lipinski definition) is 6. The summed E-state index contributed by atoms with van der Waals surface area (Å²) in [5.74, 6) is -0.0134. The van der Waals surface area contributed by atoms with Crippen molar-refractivity contribution >= 4 is 22.2 Å². The van der Waals surface area contributed by atoms with Gasteiger partial charge in [0.05, 0.1) is 18.2 Å². The topological polar surface area (TPSA) is 94.1 Å². The van der Waals surface area contributed by atoms with Gasteiger partial charge in [-0.15, -0.1) is 0 Å². The van der Waals surface area contributed by atoms with Gasteiger partial charge in [0.25, 0.3) is 0 Å². The van der Waals surface area contributed by atoms with Crippen molar-refractivity contribution in [2.24, 2.45) is 5.10 Å². The molecular weight excluding hydrogens is 545 g/mol. The number of alkyl halides is 3. The van der Waals surface area contributed by atoms with Gasteiger partial charge in [0.15, 0.2) is 5.75 Å². The highest BCUT2D eigenvalue weighted by Gasteiger charge is 2.31. The van der Waals surface area contributed by atoms with E-state index in [4.69, 9.17) is 8.92 Å². The summed E-state index contributed by atoms with van der Waals surface area (Å²) in [6.07, 6.45) is -3.43. The maximum Gasteiger partial charge on any atom is 0.416 e. The number of benzene rings is 4. The molecule has 0 spiro atoms. The first-order valence-corrected chi connectivity index (χ1v) is 13.3. The lowest BCUT2D eigenvalue weighted by molar-refractivity contribution is -0.137. The average Bonchev–Trinajstić information content (AvgIpc) is 2.93. The van der Waals surface area contributed by atoms with Crippen LogP contribution in [0.4, 0.5) is 13.2 Å². The molecule has 0 aromatic heterocycles. The third kappa shape index (κ3) is 7.70. The third-order valence-electron chi connectivity index (χ3n) is 5.54. The summed E-state index contributed by atoms with van der Waals surface area (Å²) in [4.78, 5) is 12.1. The predicted octanol–water partition coefficient (Wildman–Crippen LogP) is 5.74. The van der Waals surface area contributed by atoms with Crippen LogP contribution in [0.25, 0.3) is 0 Å². The minimum absolute atomic E-state index is 0.0250. The van der Waals surface area contributed by atoms with Crippen LogP contribution in [-0.2, 0) is 34.1 Å². The standard InChI is InChI=1S/C29H23F3N2O5S/c30-29(31,32)24-14-16-25(17-15-24)40(36,37)39-27-13-7-5-11-23(27)19-33-34-28(35)18-22-10-4-6-12-26(22)38-20-21-8-2-1-3-9-21/h1-17,19H,18,20H2,(H,34,35). The lowest BCUT2D eigenvalue weighted by atomic mass is 10.1. The van der Waals surface area contributed by atoms with Gasteiger partial charge >= 0.3 is 16.3 Å². The number of rotatable bonds is 10.